The summed E-state index contributed by atoms with van der Waals surface area (Å²) in [7, 11) is 1.95. The van der Waals surface area contributed by atoms with Gasteiger partial charge in [-0.05, 0) is 14.0 Å². The topological polar surface area (TPSA) is 95.0 Å². The number of nitrogens with two attached hydrogens (primary N) is 1. The number of anilines is 1. The van der Waals surface area contributed by atoms with Gasteiger partial charge in [-0.2, -0.15) is 13.2 Å². The predicted octanol–water partition coefficient (Wildman–Crippen LogP) is 0.714. The Morgan fingerprint density at radius 1 is 1.35 bits per heavy atom. The summed E-state index contributed by atoms with van der Waals surface area (Å²) in [6.07, 6.45) is -4.92. The lowest BCUT2D eigenvalue weighted by Crippen LogP contribution is -2.43. The zero-order valence-electron chi connectivity index (χ0n) is 12.6. The number of ether oxygens (including phenoxy) is 1. The molecule has 0 spiro atoms. The monoisotopic (exact) mass is 331 g/mol. The largest absolute Gasteiger partial charge is 0.451 e. The van der Waals surface area contributed by atoms with Crippen molar-refractivity contribution in [2.45, 2.75) is 25.2 Å². The van der Waals surface area contributed by atoms with Crippen molar-refractivity contribution in [3.8, 4) is 0 Å². The Morgan fingerprint density at radius 3 is 2.74 bits per heavy atom. The van der Waals surface area contributed by atoms with E-state index in [1.807, 2.05) is 7.05 Å². The Hall–Kier alpha value is -2.01. The van der Waals surface area contributed by atoms with Crippen LogP contribution in [0.2, 0.25) is 0 Å². The Kier molecular flexibility index (Phi) is 3.84. The van der Waals surface area contributed by atoms with Gasteiger partial charge in [-0.15, -0.1) is 5.10 Å². The van der Waals surface area contributed by atoms with E-state index in [2.05, 4.69) is 25.2 Å². The minimum Gasteiger partial charge on any atom is -0.382 e. The summed E-state index contributed by atoms with van der Waals surface area (Å²) in [4.78, 5) is 8.89. The first-order valence-electron chi connectivity index (χ1n) is 7.03. The molecule has 2 aromatic rings. The van der Waals surface area contributed by atoms with Crippen LogP contribution in [0, 0.1) is 0 Å². The molecule has 1 aliphatic heterocycles. The van der Waals surface area contributed by atoms with Crippen LogP contribution in [-0.4, -0.2) is 62.7 Å². The summed E-state index contributed by atoms with van der Waals surface area (Å²) < 4.78 is 45.6. The number of hydrogen-bond donors (Lipinski definition) is 1. The van der Waals surface area contributed by atoms with Crippen LogP contribution in [0.1, 0.15) is 18.8 Å². The van der Waals surface area contributed by atoms with E-state index in [1.54, 1.807) is 6.92 Å². The highest BCUT2D eigenvalue weighted by atomic mass is 19.4. The van der Waals surface area contributed by atoms with Gasteiger partial charge >= 0.3 is 6.18 Å². The van der Waals surface area contributed by atoms with Gasteiger partial charge in [0.1, 0.15) is 0 Å². The average Bonchev–Trinajstić information content (AvgIpc) is 2.90. The molecule has 8 nitrogen and oxygen atoms in total. The molecule has 11 heteroatoms. The molecule has 0 aromatic carbocycles. The number of rotatable bonds is 2. The maximum absolute atomic E-state index is 12.9. The lowest BCUT2D eigenvalue weighted by Gasteiger charge is -2.33. The van der Waals surface area contributed by atoms with Crippen LogP contribution in [0.5, 0.6) is 0 Å². The van der Waals surface area contributed by atoms with Crippen molar-refractivity contribution in [2.75, 3.05) is 32.5 Å². The van der Waals surface area contributed by atoms with Crippen molar-refractivity contribution in [1.82, 2.24) is 29.9 Å². The molecule has 3 heterocycles. The summed E-state index contributed by atoms with van der Waals surface area (Å²) >= 11 is 0. The third kappa shape index (κ3) is 2.93. The van der Waals surface area contributed by atoms with Gasteiger partial charge < -0.3 is 15.4 Å². The van der Waals surface area contributed by atoms with Gasteiger partial charge in [0.15, 0.2) is 17.0 Å². The van der Waals surface area contributed by atoms with E-state index in [0.29, 0.717) is 13.2 Å². The van der Waals surface area contributed by atoms with Gasteiger partial charge in [0.25, 0.3) is 0 Å². The normalized spacial score (nSPS) is 21.7. The van der Waals surface area contributed by atoms with Crippen LogP contribution >= 0.6 is 0 Å². The molecule has 3 rings (SSSR count). The standard InChI is InChI=1S/C12H16F3N7O/c1-6(7-5-21(2)3-4-23-7)22-10-8(19-20-22)9(16)17-11(18-10)12(13,14)15/h6-7H,3-5H2,1-2H3,(H2,16,17,18). The minimum atomic E-state index is -4.69. The summed E-state index contributed by atoms with van der Waals surface area (Å²) in [5.41, 5.74) is 5.56. The lowest BCUT2D eigenvalue weighted by molar-refractivity contribution is -0.144. The number of morpholine rings is 1. The van der Waals surface area contributed by atoms with Gasteiger partial charge in [0.05, 0.1) is 18.8 Å². The molecule has 2 atom stereocenters. The molecule has 126 valence electrons. The Labute approximate surface area is 129 Å². The Bertz CT molecular complexity index is 716. The zero-order chi connectivity index (χ0) is 16.8. The molecule has 0 bridgehead atoms. The smallest absolute Gasteiger partial charge is 0.382 e. The second-order valence-corrected chi connectivity index (χ2v) is 5.55. The van der Waals surface area contributed by atoms with Crippen LogP contribution in [0.15, 0.2) is 0 Å². The highest BCUT2D eigenvalue weighted by molar-refractivity contribution is 5.80. The lowest BCUT2D eigenvalue weighted by atomic mass is 10.1. The molecule has 23 heavy (non-hydrogen) atoms. The maximum atomic E-state index is 12.9. The molecule has 0 radical (unpaired) electrons. The highest BCUT2D eigenvalue weighted by Crippen LogP contribution is 2.30. The Balaban J connectivity index is 2.02. The second kappa shape index (κ2) is 5.57. The fraction of sp³-hybridized carbons (Fsp3) is 0.667. The van der Waals surface area contributed by atoms with E-state index >= 15 is 0 Å². The first-order chi connectivity index (χ1) is 10.8. The van der Waals surface area contributed by atoms with Crippen LogP contribution in [-0.2, 0) is 10.9 Å². The quantitative estimate of drug-likeness (QED) is 0.866. The molecule has 2 aromatic heterocycles. The van der Waals surface area contributed by atoms with E-state index in [9.17, 15) is 13.2 Å². The van der Waals surface area contributed by atoms with Crippen molar-refractivity contribution in [1.29, 1.82) is 0 Å². The molecule has 0 aliphatic carbocycles. The molecule has 0 saturated carbocycles. The number of hydrogen-bond acceptors (Lipinski definition) is 7. The summed E-state index contributed by atoms with van der Waals surface area (Å²) in [6.45, 7) is 3.77. The van der Waals surface area contributed by atoms with Gasteiger partial charge in [0.2, 0.25) is 5.82 Å². The SMILES string of the molecule is CC(C1CN(C)CCO1)n1nnc2c(N)nc(C(F)(F)F)nc21. The number of aromatic nitrogens is 5. The van der Waals surface area contributed by atoms with Gasteiger partial charge in [-0.1, -0.05) is 5.21 Å². The molecule has 2 N–H and O–H groups in total. The van der Waals surface area contributed by atoms with Crippen molar-refractivity contribution in [3.63, 3.8) is 0 Å². The second-order valence-electron chi connectivity index (χ2n) is 5.55. The van der Waals surface area contributed by atoms with Crippen molar-refractivity contribution < 1.29 is 17.9 Å². The van der Waals surface area contributed by atoms with Gasteiger partial charge in [-0.3, -0.25) is 0 Å². The van der Waals surface area contributed by atoms with E-state index in [1.165, 1.54) is 4.68 Å². The van der Waals surface area contributed by atoms with E-state index in [0.717, 1.165) is 6.54 Å². The number of nitrogen functional groups attached to an aromatic ring is 1. The predicted molar refractivity (Wildman–Crippen MR) is 74.5 cm³/mol. The Morgan fingerprint density at radius 2 is 2.09 bits per heavy atom. The third-order valence-electron chi connectivity index (χ3n) is 3.82. The summed E-state index contributed by atoms with van der Waals surface area (Å²) in [5, 5.41) is 7.70. The molecule has 1 aliphatic rings. The van der Waals surface area contributed by atoms with E-state index in [4.69, 9.17) is 10.5 Å². The first-order valence-corrected chi connectivity index (χ1v) is 7.03. The highest BCUT2D eigenvalue weighted by Gasteiger charge is 2.37. The number of likely N-dealkylation sites (N-methyl/N-ethyl adjacent to an activating group) is 1. The fourth-order valence-corrected chi connectivity index (χ4v) is 2.51. The number of alkyl halides is 3. The minimum absolute atomic E-state index is 0.0471. The van der Waals surface area contributed by atoms with Gasteiger partial charge in [0, 0.05) is 13.1 Å². The molecular formula is C12H16F3N7O. The van der Waals surface area contributed by atoms with Crippen LogP contribution in [0.3, 0.4) is 0 Å². The number of nitrogens with zero attached hydrogens (tertiary/aromatic N) is 6. The third-order valence-corrected chi connectivity index (χ3v) is 3.82. The average molecular weight is 331 g/mol. The zero-order valence-corrected chi connectivity index (χ0v) is 12.6. The van der Waals surface area contributed by atoms with E-state index in [-0.39, 0.29) is 29.1 Å². The molecule has 2 unspecified atom stereocenters. The van der Waals surface area contributed by atoms with Crippen LogP contribution in [0.25, 0.3) is 11.2 Å². The van der Waals surface area contributed by atoms with Gasteiger partial charge in [-0.25, -0.2) is 14.6 Å². The maximum Gasteiger partial charge on any atom is 0.451 e. The van der Waals surface area contributed by atoms with Crippen molar-refractivity contribution in [3.05, 3.63) is 5.82 Å². The summed E-state index contributed by atoms with van der Waals surface area (Å²) in [6, 6.07) is -0.349. The number of fused-ring (bicyclic) bond motifs is 1. The van der Waals surface area contributed by atoms with Crippen LogP contribution < -0.4 is 5.73 Å². The van der Waals surface area contributed by atoms with E-state index < -0.39 is 12.0 Å². The molecule has 0 amide bonds. The van der Waals surface area contributed by atoms with Crippen molar-refractivity contribution in [2.24, 2.45) is 0 Å². The van der Waals surface area contributed by atoms with Crippen molar-refractivity contribution >= 4 is 17.0 Å². The molecule has 1 fully saturated rings. The molecular weight excluding hydrogens is 315 g/mol. The van der Waals surface area contributed by atoms with Crippen LogP contribution in [0.4, 0.5) is 19.0 Å². The number of halogens is 3. The fourth-order valence-electron chi connectivity index (χ4n) is 2.51. The first kappa shape index (κ1) is 15.9. The summed E-state index contributed by atoms with van der Waals surface area (Å²) in [5.74, 6) is -1.65. The molecule has 1 saturated heterocycles.